The van der Waals surface area contributed by atoms with Gasteiger partial charge in [-0.25, -0.2) is 0 Å². The maximum Gasteiger partial charge on any atom is 0.120 e. The molecule has 1 aromatic rings. The lowest BCUT2D eigenvalue weighted by atomic mass is 10.2. The maximum absolute atomic E-state index is 5.60. The molecule has 0 spiro atoms. The number of hydrogen-bond acceptors (Lipinski definition) is 1. The summed E-state index contributed by atoms with van der Waals surface area (Å²) >= 11 is 2.27. The Kier molecular flexibility index (Phi) is 5.01. The highest BCUT2D eigenvalue weighted by atomic mass is 127. The second-order valence-corrected chi connectivity index (χ2v) is 4.30. The van der Waals surface area contributed by atoms with E-state index in [2.05, 4.69) is 42.2 Å². The third-order valence-electron chi connectivity index (χ3n) is 1.84. The van der Waals surface area contributed by atoms with Crippen molar-refractivity contribution < 1.29 is 4.74 Å². The SMILES string of the molecule is C=[C]c1cc(I)cc(OCCCC)c1. The molecule has 2 heteroatoms. The second-order valence-electron chi connectivity index (χ2n) is 3.05. The van der Waals surface area contributed by atoms with Crippen LogP contribution in [0, 0.1) is 9.65 Å². The van der Waals surface area contributed by atoms with E-state index in [1.807, 2.05) is 18.2 Å². The van der Waals surface area contributed by atoms with Crippen LogP contribution in [-0.2, 0) is 0 Å². The molecule has 14 heavy (non-hydrogen) atoms. The first-order valence-electron chi connectivity index (χ1n) is 4.72. The molecule has 0 amide bonds. The molecule has 1 radical (unpaired) electrons. The van der Waals surface area contributed by atoms with Crippen molar-refractivity contribution in [2.24, 2.45) is 0 Å². The van der Waals surface area contributed by atoms with E-state index in [0.29, 0.717) is 0 Å². The molecule has 0 aromatic heterocycles. The molecule has 0 aliphatic carbocycles. The normalized spacial score (nSPS) is 9.86. The van der Waals surface area contributed by atoms with E-state index in [4.69, 9.17) is 4.74 Å². The van der Waals surface area contributed by atoms with Gasteiger partial charge in [0.25, 0.3) is 0 Å². The Morgan fingerprint density at radius 3 is 2.86 bits per heavy atom. The van der Waals surface area contributed by atoms with Crippen LogP contribution < -0.4 is 4.74 Å². The number of hydrogen-bond donors (Lipinski definition) is 0. The van der Waals surface area contributed by atoms with Gasteiger partial charge in [0.05, 0.1) is 6.61 Å². The largest absolute Gasteiger partial charge is 0.494 e. The van der Waals surface area contributed by atoms with Gasteiger partial charge in [0.2, 0.25) is 0 Å². The van der Waals surface area contributed by atoms with Crippen LogP contribution in [0.2, 0.25) is 0 Å². The maximum atomic E-state index is 5.60. The van der Waals surface area contributed by atoms with Crippen molar-refractivity contribution in [2.45, 2.75) is 19.8 Å². The zero-order chi connectivity index (χ0) is 10.4. The van der Waals surface area contributed by atoms with Gasteiger partial charge >= 0.3 is 0 Å². The Balaban J connectivity index is 2.66. The Morgan fingerprint density at radius 2 is 2.21 bits per heavy atom. The van der Waals surface area contributed by atoms with Crippen molar-refractivity contribution in [3.8, 4) is 5.75 Å². The molecule has 0 atom stereocenters. The summed E-state index contributed by atoms with van der Waals surface area (Å²) in [5, 5.41) is 0. The zero-order valence-corrected chi connectivity index (χ0v) is 10.5. The third-order valence-corrected chi connectivity index (χ3v) is 2.46. The lowest BCUT2D eigenvalue weighted by Gasteiger charge is -2.06. The van der Waals surface area contributed by atoms with Crippen molar-refractivity contribution in [1.29, 1.82) is 0 Å². The zero-order valence-electron chi connectivity index (χ0n) is 8.35. The minimum atomic E-state index is 0.785. The molecule has 1 aromatic carbocycles. The van der Waals surface area contributed by atoms with Gasteiger partial charge < -0.3 is 4.74 Å². The number of ether oxygens (including phenoxy) is 1. The van der Waals surface area contributed by atoms with Crippen molar-refractivity contribution >= 4 is 22.6 Å². The van der Waals surface area contributed by atoms with Crippen LogP contribution in [0.1, 0.15) is 25.3 Å². The van der Waals surface area contributed by atoms with Crippen LogP contribution in [0.3, 0.4) is 0 Å². The lowest BCUT2D eigenvalue weighted by molar-refractivity contribution is 0.309. The van der Waals surface area contributed by atoms with Gasteiger partial charge in [0.15, 0.2) is 0 Å². The second kappa shape index (κ2) is 6.06. The fraction of sp³-hybridized carbons (Fsp3) is 0.333. The average Bonchev–Trinajstić information content (AvgIpc) is 2.17. The van der Waals surface area contributed by atoms with E-state index < -0.39 is 0 Å². The standard InChI is InChI=1S/C12H14IO/c1-3-5-6-14-12-8-10(4-2)7-11(13)9-12/h7-9H,2-3,5-6H2,1H3. The summed E-state index contributed by atoms with van der Waals surface area (Å²) < 4.78 is 6.75. The smallest absolute Gasteiger partial charge is 0.120 e. The van der Waals surface area contributed by atoms with Crippen molar-refractivity contribution in [1.82, 2.24) is 0 Å². The number of halogens is 1. The molecular weight excluding hydrogens is 287 g/mol. The van der Waals surface area contributed by atoms with E-state index in [1.165, 1.54) is 0 Å². The fourth-order valence-corrected chi connectivity index (χ4v) is 1.72. The molecule has 0 saturated heterocycles. The first kappa shape index (κ1) is 11.6. The molecular formula is C12H14IO. The monoisotopic (exact) mass is 301 g/mol. The molecule has 0 N–H and O–H groups in total. The first-order chi connectivity index (χ1) is 6.76. The minimum Gasteiger partial charge on any atom is -0.494 e. The Hall–Kier alpha value is -0.510. The molecule has 0 bridgehead atoms. The quantitative estimate of drug-likeness (QED) is 0.593. The summed E-state index contributed by atoms with van der Waals surface area (Å²) in [6.45, 7) is 6.56. The highest BCUT2D eigenvalue weighted by Crippen LogP contribution is 2.19. The van der Waals surface area contributed by atoms with Crippen molar-refractivity contribution in [3.63, 3.8) is 0 Å². The van der Waals surface area contributed by atoms with Crippen LogP contribution in [0.4, 0.5) is 0 Å². The van der Waals surface area contributed by atoms with Crippen LogP contribution in [-0.4, -0.2) is 6.61 Å². The minimum absolute atomic E-state index is 0.785. The summed E-state index contributed by atoms with van der Waals surface area (Å²) in [5.41, 5.74) is 0.989. The van der Waals surface area contributed by atoms with E-state index >= 15 is 0 Å². The van der Waals surface area contributed by atoms with Gasteiger partial charge in [-0.3, -0.25) is 0 Å². The molecule has 0 unspecified atom stereocenters. The van der Waals surface area contributed by atoms with Gasteiger partial charge in [0.1, 0.15) is 5.75 Å². The van der Waals surface area contributed by atoms with Crippen LogP contribution in [0.25, 0.3) is 0 Å². The van der Waals surface area contributed by atoms with Crippen LogP contribution in [0.15, 0.2) is 24.8 Å². The van der Waals surface area contributed by atoms with E-state index in [0.717, 1.165) is 34.3 Å². The first-order valence-corrected chi connectivity index (χ1v) is 5.80. The van der Waals surface area contributed by atoms with Crippen LogP contribution >= 0.6 is 22.6 Å². The summed E-state index contributed by atoms with van der Waals surface area (Å²) in [6, 6.07) is 6.02. The highest BCUT2D eigenvalue weighted by Gasteiger charge is 1.97. The predicted octanol–water partition coefficient (Wildman–Crippen LogP) is 3.81. The molecule has 0 saturated carbocycles. The molecule has 0 aliphatic rings. The number of rotatable bonds is 5. The fourth-order valence-electron chi connectivity index (χ4n) is 1.08. The summed E-state index contributed by atoms with van der Waals surface area (Å²) in [4.78, 5) is 0. The van der Waals surface area contributed by atoms with Crippen molar-refractivity contribution in [2.75, 3.05) is 6.61 Å². The molecule has 1 nitrogen and oxygen atoms in total. The molecule has 0 heterocycles. The van der Waals surface area contributed by atoms with Gasteiger partial charge in [0, 0.05) is 3.57 Å². The summed E-state index contributed by atoms with van der Waals surface area (Å²) in [7, 11) is 0. The van der Waals surface area contributed by atoms with Crippen LogP contribution in [0.5, 0.6) is 5.75 Å². The lowest BCUT2D eigenvalue weighted by Crippen LogP contribution is -1.97. The topological polar surface area (TPSA) is 9.23 Å². The summed E-state index contributed by atoms with van der Waals surface area (Å²) in [6.07, 6.45) is 5.12. The Labute approximate surface area is 99.3 Å². The molecule has 0 fully saturated rings. The van der Waals surface area contributed by atoms with E-state index in [1.54, 1.807) is 0 Å². The molecule has 1 rings (SSSR count). The average molecular weight is 301 g/mol. The van der Waals surface area contributed by atoms with Gasteiger partial charge in [-0.15, -0.1) is 0 Å². The third kappa shape index (κ3) is 3.70. The van der Waals surface area contributed by atoms with Gasteiger partial charge in [-0.1, -0.05) is 19.9 Å². The number of unbranched alkanes of at least 4 members (excludes halogenated alkanes) is 1. The van der Waals surface area contributed by atoms with Gasteiger partial charge in [-0.05, 0) is 58.9 Å². The predicted molar refractivity (Wildman–Crippen MR) is 67.5 cm³/mol. The van der Waals surface area contributed by atoms with Gasteiger partial charge in [-0.2, -0.15) is 0 Å². The molecule has 0 aliphatic heterocycles. The highest BCUT2D eigenvalue weighted by molar-refractivity contribution is 14.1. The Morgan fingerprint density at radius 1 is 1.43 bits per heavy atom. The Bertz CT molecular complexity index is 307. The van der Waals surface area contributed by atoms with Crippen molar-refractivity contribution in [3.05, 3.63) is 40.0 Å². The molecule has 75 valence electrons. The van der Waals surface area contributed by atoms with E-state index in [9.17, 15) is 0 Å². The van der Waals surface area contributed by atoms with E-state index in [-0.39, 0.29) is 0 Å². The number of benzene rings is 1. The summed E-state index contributed by atoms with van der Waals surface area (Å²) in [5.74, 6) is 0.913.